The van der Waals surface area contributed by atoms with E-state index in [-0.39, 0.29) is 11.6 Å². The third kappa shape index (κ3) is 1.93. The van der Waals surface area contributed by atoms with E-state index in [1.165, 1.54) is 25.3 Å². The maximum Gasteiger partial charge on any atom is 0.306 e. The minimum Gasteiger partial charge on any atom is -0.491 e. The molecule has 0 amide bonds. The lowest BCUT2D eigenvalue weighted by Crippen LogP contribution is -2.11. The Morgan fingerprint density at radius 3 is 2.62 bits per heavy atom. The van der Waals surface area contributed by atoms with Gasteiger partial charge in [0.1, 0.15) is 5.82 Å². The highest BCUT2D eigenvalue weighted by Gasteiger charge is 2.05. The molecule has 1 N–H and O–H groups in total. The largest absolute Gasteiger partial charge is 0.491 e. The third-order valence-electron chi connectivity index (χ3n) is 2.13. The van der Waals surface area contributed by atoms with Crippen LogP contribution in [0.15, 0.2) is 35.1 Å². The van der Waals surface area contributed by atoms with Crippen LogP contribution in [-0.2, 0) is 0 Å². The molecule has 0 unspecified atom stereocenters. The summed E-state index contributed by atoms with van der Waals surface area (Å²) in [5.41, 5.74) is 0.834. The molecule has 0 spiro atoms. The standard InChI is InChI=1S/C11H9FN2O2/c1-16-10-6-9(13-14-11(10)15)7-2-4-8(12)5-3-7/h2-6H,1H3,(H,14,15). The lowest BCUT2D eigenvalue weighted by Gasteiger charge is -2.02. The number of aromatic amines is 1. The van der Waals surface area contributed by atoms with Gasteiger partial charge in [-0.05, 0) is 24.3 Å². The first kappa shape index (κ1) is 10.4. The Balaban J connectivity index is 2.48. The van der Waals surface area contributed by atoms with E-state index in [1.54, 1.807) is 12.1 Å². The number of rotatable bonds is 2. The van der Waals surface area contributed by atoms with Crippen LogP contribution < -0.4 is 10.3 Å². The molecular weight excluding hydrogens is 211 g/mol. The van der Waals surface area contributed by atoms with Crippen molar-refractivity contribution in [2.45, 2.75) is 0 Å². The van der Waals surface area contributed by atoms with E-state index < -0.39 is 5.56 Å². The molecule has 1 aromatic carbocycles. The van der Waals surface area contributed by atoms with Crippen molar-refractivity contribution in [2.24, 2.45) is 0 Å². The van der Waals surface area contributed by atoms with Gasteiger partial charge in [-0.15, -0.1) is 0 Å². The molecule has 16 heavy (non-hydrogen) atoms. The summed E-state index contributed by atoms with van der Waals surface area (Å²) in [5.74, 6) is -0.144. The Kier molecular flexibility index (Phi) is 2.68. The molecule has 4 nitrogen and oxygen atoms in total. The van der Waals surface area contributed by atoms with E-state index in [0.717, 1.165) is 0 Å². The number of methoxy groups -OCH3 is 1. The van der Waals surface area contributed by atoms with Gasteiger partial charge in [-0.25, -0.2) is 9.49 Å². The number of hydrogen-bond donors (Lipinski definition) is 1. The van der Waals surface area contributed by atoms with Gasteiger partial charge in [0.05, 0.1) is 12.8 Å². The van der Waals surface area contributed by atoms with Crippen LogP contribution in [-0.4, -0.2) is 17.3 Å². The molecule has 0 saturated carbocycles. The molecule has 82 valence electrons. The highest BCUT2D eigenvalue weighted by molar-refractivity contribution is 5.59. The summed E-state index contributed by atoms with van der Waals surface area (Å²) in [4.78, 5) is 11.2. The zero-order valence-electron chi connectivity index (χ0n) is 8.53. The van der Waals surface area contributed by atoms with Crippen LogP contribution in [0, 0.1) is 5.82 Å². The zero-order valence-corrected chi connectivity index (χ0v) is 8.53. The second-order valence-electron chi connectivity index (χ2n) is 3.16. The number of aromatic nitrogens is 2. The number of hydrogen-bond acceptors (Lipinski definition) is 3. The van der Waals surface area contributed by atoms with E-state index in [4.69, 9.17) is 4.74 Å². The molecule has 0 atom stereocenters. The molecule has 0 fully saturated rings. The van der Waals surface area contributed by atoms with E-state index in [9.17, 15) is 9.18 Å². The van der Waals surface area contributed by atoms with E-state index in [2.05, 4.69) is 10.2 Å². The summed E-state index contributed by atoms with van der Waals surface area (Å²) >= 11 is 0. The van der Waals surface area contributed by atoms with Gasteiger partial charge in [0.2, 0.25) is 0 Å². The second kappa shape index (κ2) is 4.14. The summed E-state index contributed by atoms with van der Waals surface area (Å²) in [5, 5.41) is 6.16. The zero-order chi connectivity index (χ0) is 11.5. The predicted octanol–water partition coefficient (Wildman–Crippen LogP) is 1.58. The van der Waals surface area contributed by atoms with Crippen molar-refractivity contribution in [1.82, 2.24) is 10.2 Å². The van der Waals surface area contributed by atoms with Crippen LogP contribution in [0.25, 0.3) is 11.3 Å². The molecule has 2 rings (SSSR count). The van der Waals surface area contributed by atoms with Crippen LogP contribution in [0.2, 0.25) is 0 Å². The van der Waals surface area contributed by atoms with Gasteiger partial charge in [-0.2, -0.15) is 5.10 Å². The Hall–Kier alpha value is -2.17. The molecule has 1 heterocycles. The van der Waals surface area contributed by atoms with Gasteiger partial charge in [0.25, 0.3) is 0 Å². The van der Waals surface area contributed by atoms with Gasteiger partial charge < -0.3 is 4.74 Å². The van der Waals surface area contributed by atoms with Gasteiger partial charge in [-0.1, -0.05) is 0 Å². The lowest BCUT2D eigenvalue weighted by atomic mass is 10.1. The fourth-order valence-electron chi connectivity index (χ4n) is 1.31. The van der Waals surface area contributed by atoms with Crippen LogP contribution in [0.5, 0.6) is 5.75 Å². The molecule has 2 aromatic rings. The smallest absolute Gasteiger partial charge is 0.306 e. The van der Waals surface area contributed by atoms with Crippen molar-refractivity contribution in [2.75, 3.05) is 7.11 Å². The Labute approximate surface area is 90.7 Å². The number of halogens is 1. The Morgan fingerprint density at radius 1 is 1.31 bits per heavy atom. The number of nitrogens with one attached hydrogen (secondary N) is 1. The molecule has 1 aromatic heterocycles. The minimum absolute atomic E-state index is 0.175. The molecule has 0 radical (unpaired) electrons. The Morgan fingerprint density at radius 2 is 2.00 bits per heavy atom. The van der Waals surface area contributed by atoms with E-state index >= 15 is 0 Å². The fourth-order valence-corrected chi connectivity index (χ4v) is 1.31. The lowest BCUT2D eigenvalue weighted by molar-refractivity contribution is 0.407. The maximum atomic E-state index is 12.7. The van der Waals surface area contributed by atoms with Gasteiger partial charge >= 0.3 is 5.56 Å². The van der Waals surface area contributed by atoms with Crippen molar-refractivity contribution in [1.29, 1.82) is 0 Å². The van der Waals surface area contributed by atoms with Crippen molar-refractivity contribution < 1.29 is 9.13 Å². The van der Waals surface area contributed by atoms with Gasteiger partial charge in [0.15, 0.2) is 5.75 Å². The molecule has 5 heteroatoms. The van der Waals surface area contributed by atoms with Crippen molar-refractivity contribution in [3.05, 3.63) is 46.5 Å². The maximum absolute atomic E-state index is 12.7. The quantitative estimate of drug-likeness (QED) is 0.836. The van der Waals surface area contributed by atoms with Crippen molar-refractivity contribution in [3.8, 4) is 17.0 Å². The summed E-state index contributed by atoms with van der Waals surface area (Å²) in [6, 6.07) is 7.32. The average Bonchev–Trinajstić information content (AvgIpc) is 2.31. The van der Waals surface area contributed by atoms with Crippen LogP contribution in [0.1, 0.15) is 0 Å². The summed E-state index contributed by atoms with van der Waals surface area (Å²) < 4.78 is 17.6. The monoisotopic (exact) mass is 220 g/mol. The molecule has 0 saturated heterocycles. The number of H-pyrrole nitrogens is 1. The van der Waals surface area contributed by atoms with Crippen LogP contribution in [0.3, 0.4) is 0 Å². The Bertz CT molecular complexity index is 549. The number of ether oxygens (including phenoxy) is 1. The topological polar surface area (TPSA) is 55.0 Å². The normalized spacial score (nSPS) is 10.1. The van der Waals surface area contributed by atoms with Crippen LogP contribution in [0.4, 0.5) is 4.39 Å². The van der Waals surface area contributed by atoms with E-state index in [0.29, 0.717) is 11.3 Å². The third-order valence-corrected chi connectivity index (χ3v) is 2.13. The predicted molar refractivity (Wildman–Crippen MR) is 56.8 cm³/mol. The highest BCUT2D eigenvalue weighted by Crippen LogP contribution is 2.18. The molecule has 0 aliphatic carbocycles. The summed E-state index contributed by atoms with van der Waals surface area (Å²) in [6.07, 6.45) is 0. The van der Waals surface area contributed by atoms with E-state index in [1.807, 2.05) is 0 Å². The minimum atomic E-state index is -0.395. The first-order valence-corrected chi connectivity index (χ1v) is 4.60. The number of nitrogens with zero attached hydrogens (tertiary/aromatic N) is 1. The summed E-state index contributed by atoms with van der Waals surface area (Å²) in [6.45, 7) is 0. The first-order chi connectivity index (χ1) is 7.70. The fraction of sp³-hybridized carbons (Fsp3) is 0.0909. The SMILES string of the molecule is COc1cc(-c2ccc(F)cc2)n[nH]c1=O. The molecular formula is C11H9FN2O2. The number of benzene rings is 1. The van der Waals surface area contributed by atoms with Crippen molar-refractivity contribution in [3.63, 3.8) is 0 Å². The summed E-state index contributed by atoms with van der Waals surface area (Å²) in [7, 11) is 1.40. The molecule has 0 aliphatic rings. The van der Waals surface area contributed by atoms with Crippen LogP contribution >= 0.6 is 0 Å². The van der Waals surface area contributed by atoms with Gasteiger partial charge in [0, 0.05) is 11.6 Å². The molecule has 0 aliphatic heterocycles. The molecule has 0 bridgehead atoms. The highest BCUT2D eigenvalue weighted by atomic mass is 19.1. The van der Waals surface area contributed by atoms with Crippen molar-refractivity contribution >= 4 is 0 Å². The second-order valence-corrected chi connectivity index (χ2v) is 3.16. The average molecular weight is 220 g/mol. The first-order valence-electron chi connectivity index (χ1n) is 4.60. The van der Waals surface area contributed by atoms with Gasteiger partial charge in [-0.3, -0.25) is 4.79 Å².